The quantitative estimate of drug-likeness (QED) is 0.816. The molecule has 6 heteroatoms. The van der Waals surface area contributed by atoms with Crippen LogP contribution in [0.3, 0.4) is 0 Å². The summed E-state index contributed by atoms with van der Waals surface area (Å²) in [6, 6.07) is 7.46. The van der Waals surface area contributed by atoms with Gasteiger partial charge in [0.05, 0.1) is 31.9 Å². The molecule has 124 valence electrons. The summed E-state index contributed by atoms with van der Waals surface area (Å²) < 4.78 is 5.22. The van der Waals surface area contributed by atoms with Crippen molar-refractivity contribution in [3.05, 3.63) is 35.3 Å². The topological polar surface area (TPSA) is 71.5 Å². The Morgan fingerprint density at radius 3 is 2.87 bits per heavy atom. The zero-order chi connectivity index (χ0) is 16.8. The molecule has 0 fully saturated rings. The van der Waals surface area contributed by atoms with Gasteiger partial charge in [-0.05, 0) is 18.1 Å². The van der Waals surface area contributed by atoms with Gasteiger partial charge >= 0.3 is 0 Å². The number of aromatic nitrogens is 1. The Morgan fingerprint density at radius 1 is 1.43 bits per heavy atom. The van der Waals surface area contributed by atoms with Crippen molar-refractivity contribution in [1.82, 2.24) is 10.3 Å². The summed E-state index contributed by atoms with van der Waals surface area (Å²) in [4.78, 5) is 16.6. The number of hydrogen-bond acceptors (Lipinski definition) is 5. The number of carbonyl (C=O) groups excluding carboxylic acids is 1. The van der Waals surface area contributed by atoms with Gasteiger partial charge in [-0.3, -0.25) is 4.79 Å². The number of aliphatic hydroxyl groups excluding tert-OH is 1. The molecule has 2 aromatic rings. The first-order valence-electron chi connectivity index (χ1n) is 7.52. The van der Waals surface area contributed by atoms with E-state index in [4.69, 9.17) is 4.74 Å². The van der Waals surface area contributed by atoms with Crippen molar-refractivity contribution in [2.45, 2.75) is 26.3 Å². The first kappa shape index (κ1) is 17.4. The van der Waals surface area contributed by atoms with Gasteiger partial charge in [0.2, 0.25) is 5.91 Å². The van der Waals surface area contributed by atoms with E-state index in [0.29, 0.717) is 0 Å². The van der Waals surface area contributed by atoms with Gasteiger partial charge in [0.25, 0.3) is 0 Å². The Hall–Kier alpha value is -1.92. The lowest BCUT2D eigenvalue weighted by Gasteiger charge is -2.19. The smallest absolute Gasteiger partial charge is 0.226 e. The molecule has 0 bridgehead atoms. The molecule has 1 atom stereocenters. The van der Waals surface area contributed by atoms with E-state index in [0.717, 1.165) is 22.0 Å². The molecule has 1 unspecified atom stereocenters. The molecule has 0 saturated heterocycles. The van der Waals surface area contributed by atoms with Gasteiger partial charge in [-0.25, -0.2) is 4.98 Å². The molecule has 5 nitrogen and oxygen atoms in total. The zero-order valence-corrected chi connectivity index (χ0v) is 14.4. The number of benzene rings is 1. The van der Waals surface area contributed by atoms with Crippen LogP contribution in [0.25, 0.3) is 10.6 Å². The third kappa shape index (κ3) is 4.77. The number of carbonyl (C=O) groups is 1. The van der Waals surface area contributed by atoms with E-state index in [1.807, 2.05) is 43.5 Å². The number of hydrogen-bond donors (Lipinski definition) is 2. The number of methoxy groups -OCH3 is 1. The molecular formula is C17H22N2O3S. The van der Waals surface area contributed by atoms with E-state index >= 15 is 0 Å². The fraction of sp³-hybridized carbons (Fsp3) is 0.412. The van der Waals surface area contributed by atoms with Crippen molar-refractivity contribution >= 4 is 17.2 Å². The first-order chi connectivity index (χ1) is 11.0. The molecule has 0 radical (unpaired) electrons. The van der Waals surface area contributed by atoms with Crippen molar-refractivity contribution in [3.8, 4) is 16.3 Å². The maximum Gasteiger partial charge on any atom is 0.226 e. The second kappa shape index (κ2) is 8.08. The minimum Gasteiger partial charge on any atom is -0.497 e. The van der Waals surface area contributed by atoms with Gasteiger partial charge in [-0.15, -0.1) is 11.3 Å². The summed E-state index contributed by atoms with van der Waals surface area (Å²) in [7, 11) is 1.63. The van der Waals surface area contributed by atoms with Crippen molar-refractivity contribution in [2.24, 2.45) is 5.92 Å². The van der Waals surface area contributed by atoms with E-state index in [2.05, 4.69) is 10.3 Å². The van der Waals surface area contributed by atoms with Crippen LogP contribution in [-0.2, 0) is 11.2 Å². The van der Waals surface area contributed by atoms with Crippen LogP contribution >= 0.6 is 11.3 Å². The molecule has 1 amide bonds. The van der Waals surface area contributed by atoms with Crippen molar-refractivity contribution in [2.75, 3.05) is 13.7 Å². The Balaban J connectivity index is 2.03. The molecule has 0 saturated carbocycles. The largest absolute Gasteiger partial charge is 0.497 e. The Kier molecular flexibility index (Phi) is 6.12. The number of nitrogens with one attached hydrogen (secondary N) is 1. The number of amides is 1. The van der Waals surface area contributed by atoms with Gasteiger partial charge < -0.3 is 15.2 Å². The highest BCUT2D eigenvalue weighted by Gasteiger charge is 2.16. The first-order valence-corrected chi connectivity index (χ1v) is 8.40. The molecular weight excluding hydrogens is 312 g/mol. The normalized spacial score (nSPS) is 12.2. The van der Waals surface area contributed by atoms with Crippen LogP contribution in [0, 0.1) is 5.92 Å². The van der Waals surface area contributed by atoms with Crippen molar-refractivity contribution < 1.29 is 14.6 Å². The molecule has 0 spiro atoms. The average molecular weight is 334 g/mol. The van der Waals surface area contributed by atoms with Gasteiger partial charge in [0.1, 0.15) is 10.8 Å². The SMILES string of the molecule is COc1cccc(-c2nc(CC(=O)NC(CO)C(C)C)cs2)c1. The number of thiazole rings is 1. The Morgan fingerprint density at radius 2 is 2.22 bits per heavy atom. The minimum absolute atomic E-state index is 0.0600. The van der Waals surface area contributed by atoms with E-state index in [1.165, 1.54) is 11.3 Å². The highest BCUT2D eigenvalue weighted by Crippen LogP contribution is 2.27. The van der Waals surface area contributed by atoms with E-state index in [1.54, 1.807) is 7.11 Å². The molecule has 1 aromatic heterocycles. The van der Waals surface area contributed by atoms with E-state index in [-0.39, 0.29) is 30.9 Å². The lowest BCUT2D eigenvalue weighted by molar-refractivity contribution is -0.121. The van der Waals surface area contributed by atoms with Gasteiger partial charge in [-0.1, -0.05) is 26.0 Å². The van der Waals surface area contributed by atoms with Crippen LogP contribution in [-0.4, -0.2) is 35.8 Å². The molecule has 0 aliphatic carbocycles. The van der Waals surface area contributed by atoms with Crippen LogP contribution in [0.4, 0.5) is 0 Å². The van der Waals surface area contributed by atoms with Gasteiger partial charge in [-0.2, -0.15) is 0 Å². The zero-order valence-electron chi connectivity index (χ0n) is 13.6. The predicted molar refractivity (Wildman–Crippen MR) is 91.7 cm³/mol. The number of rotatable bonds is 7. The van der Waals surface area contributed by atoms with Crippen LogP contribution in [0.15, 0.2) is 29.6 Å². The fourth-order valence-electron chi connectivity index (χ4n) is 2.12. The summed E-state index contributed by atoms with van der Waals surface area (Å²) >= 11 is 1.50. The highest BCUT2D eigenvalue weighted by atomic mass is 32.1. The maximum absolute atomic E-state index is 12.1. The summed E-state index contributed by atoms with van der Waals surface area (Å²) in [5, 5.41) is 14.9. The molecule has 0 aliphatic rings. The average Bonchev–Trinajstić information content (AvgIpc) is 3.00. The van der Waals surface area contributed by atoms with Crippen LogP contribution in [0.2, 0.25) is 0 Å². The minimum atomic E-state index is -0.223. The summed E-state index contributed by atoms with van der Waals surface area (Å²) in [5.41, 5.74) is 1.70. The Bertz CT molecular complexity index is 655. The summed E-state index contributed by atoms with van der Waals surface area (Å²) in [6.07, 6.45) is 0.212. The number of ether oxygens (including phenoxy) is 1. The van der Waals surface area contributed by atoms with Gasteiger partial charge in [0.15, 0.2) is 0 Å². The lowest BCUT2D eigenvalue weighted by Crippen LogP contribution is -2.41. The third-order valence-electron chi connectivity index (χ3n) is 3.56. The lowest BCUT2D eigenvalue weighted by atomic mass is 10.1. The molecule has 1 heterocycles. The maximum atomic E-state index is 12.1. The molecule has 0 aliphatic heterocycles. The highest BCUT2D eigenvalue weighted by molar-refractivity contribution is 7.13. The predicted octanol–water partition coefficient (Wildman–Crippen LogP) is 2.49. The van der Waals surface area contributed by atoms with Crippen molar-refractivity contribution in [1.29, 1.82) is 0 Å². The molecule has 2 rings (SSSR count). The molecule has 1 aromatic carbocycles. The number of nitrogens with zero attached hydrogens (tertiary/aromatic N) is 1. The standard InChI is InChI=1S/C17H22N2O3S/c1-11(2)15(9-20)19-16(21)8-13-10-23-17(18-13)12-5-4-6-14(7-12)22-3/h4-7,10-11,15,20H,8-9H2,1-3H3,(H,19,21). The van der Waals surface area contributed by atoms with Crippen LogP contribution < -0.4 is 10.1 Å². The molecule has 23 heavy (non-hydrogen) atoms. The number of aliphatic hydroxyl groups is 1. The second-order valence-electron chi connectivity index (χ2n) is 5.65. The summed E-state index contributed by atoms with van der Waals surface area (Å²) in [6.45, 7) is 3.87. The second-order valence-corrected chi connectivity index (χ2v) is 6.51. The van der Waals surface area contributed by atoms with Crippen LogP contribution in [0.5, 0.6) is 5.75 Å². The fourth-order valence-corrected chi connectivity index (χ4v) is 2.94. The molecule has 2 N–H and O–H groups in total. The third-order valence-corrected chi connectivity index (χ3v) is 4.50. The van der Waals surface area contributed by atoms with Crippen molar-refractivity contribution in [3.63, 3.8) is 0 Å². The summed E-state index contributed by atoms with van der Waals surface area (Å²) in [5.74, 6) is 0.840. The Labute approximate surface area is 140 Å². The van der Waals surface area contributed by atoms with E-state index < -0.39 is 0 Å². The van der Waals surface area contributed by atoms with E-state index in [9.17, 15) is 9.90 Å². The monoisotopic (exact) mass is 334 g/mol. The van der Waals surface area contributed by atoms with Gasteiger partial charge in [0, 0.05) is 10.9 Å². The van der Waals surface area contributed by atoms with Crippen LogP contribution in [0.1, 0.15) is 19.5 Å².